The van der Waals surface area contributed by atoms with Gasteiger partial charge in [-0.2, -0.15) is 0 Å². The number of amides is 6. The highest BCUT2D eigenvalue weighted by Gasteiger charge is 2.13. The standard InChI is InChI=1S/C23H32N4O6/c1-17(29)26(16-28)14-6-4-12-24-22(32)20-8-10-21(11-9-20)23(33)25-13-5-7-15-27(18(2)30)19(3)31/h8-11,16H,4-7,12-15H2,1-3H3,(H,24,32)(H,25,33). The number of benzene rings is 1. The third-order valence-electron chi connectivity index (χ3n) is 4.91. The van der Waals surface area contributed by atoms with Crippen LogP contribution in [0.25, 0.3) is 0 Å². The molecule has 0 fully saturated rings. The Kier molecular flexibility index (Phi) is 12.1. The molecule has 0 aliphatic rings. The first-order valence-electron chi connectivity index (χ1n) is 10.8. The molecular weight excluding hydrogens is 428 g/mol. The number of hydrogen-bond acceptors (Lipinski definition) is 6. The van der Waals surface area contributed by atoms with Gasteiger partial charge in [-0.05, 0) is 49.9 Å². The van der Waals surface area contributed by atoms with Gasteiger partial charge < -0.3 is 10.6 Å². The number of carbonyl (C=O) groups is 6. The fraction of sp³-hybridized carbons (Fsp3) is 0.478. The summed E-state index contributed by atoms with van der Waals surface area (Å²) in [6.07, 6.45) is 2.88. The van der Waals surface area contributed by atoms with Crippen molar-refractivity contribution >= 4 is 35.9 Å². The normalized spacial score (nSPS) is 10.2. The smallest absolute Gasteiger partial charge is 0.251 e. The van der Waals surface area contributed by atoms with Gasteiger partial charge >= 0.3 is 0 Å². The zero-order chi connectivity index (χ0) is 24.8. The molecule has 0 aliphatic carbocycles. The van der Waals surface area contributed by atoms with Crippen molar-refractivity contribution in [1.29, 1.82) is 0 Å². The largest absolute Gasteiger partial charge is 0.352 e. The van der Waals surface area contributed by atoms with Crippen LogP contribution in [0.5, 0.6) is 0 Å². The van der Waals surface area contributed by atoms with Crippen molar-refractivity contribution in [3.8, 4) is 0 Å². The van der Waals surface area contributed by atoms with Crippen molar-refractivity contribution in [2.45, 2.75) is 46.5 Å². The van der Waals surface area contributed by atoms with E-state index in [4.69, 9.17) is 0 Å². The Morgan fingerprint density at radius 1 is 0.697 bits per heavy atom. The summed E-state index contributed by atoms with van der Waals surface area (Å²) >= 11 is 0. The van der Waals surface area contributed by atoms with Crippen LogP contribution in [0.2, 0.25) is 0 Å². The van der Waals surface area contributed by atoms with Crippen molar-refractivity contribution in [2.24, 2.45) is 0 Å². The summed E-state index contributed by atoms with van der Waals surface area (Å²) in [5.41, 5.74) is 0.831. The second kappa shape index (κ2) is 14.5. The van der Waals surface area contributed by atoms with Crippen LogP contribution in [0.3, 0.4) is 0 Å². The van der Waals surface area contributed by atoms with E-state index in [1.165, 1.54) is 20.8 Å². The summed E-state index contributed by atoms with van der Waals surface area (Å²) < 4.78 is 0. The molecule has 10 nitrogen and oxygen atoms in total. The molecule has 0 aliphatic heterocycles. The monoisotopic (exact) mass is 460 g/mol. The fourth-order valence-corrected chi connectivity index (χ4v) is 3.00. The lowest BCUT2D eigenvalue weighted by molar-refractivity contribution is -0.142. The minimum absolute atomic E-state index is 0.276. The maximum atomic E-state index is 12.2. The molecule has 0 radical (unpaired) electrons. The molecule has 0 aromatic heterocycles. The second-order valence-electron chi connectivity index (χ2n) is 7.51. The third kappa shape index (κ3) is 10.1. The number of imide groups is 2. The second-order valence-corrected chi connectivity index (χ2v) is 7.51. The van der Waals surface area contributed by atoms with Gasteiger partial charge in [-0.15, -0.1) is 0 Å². The fourth-order valence-electron chi connectivity index (χ4n) is 3.00. The zero-order valence-corrected chi connectivity index (χ0v) is 19.4. The molecule has 33 heavy (non-hydrogen) atoms. The van der Waals surface area contributed by atoms with Gasteiger partial charge in [0.1, 0.15) is 0 Å². The van der Waals surface area contributed by atoms with E-state index in [1.54, 1.807) is 24.3 Å². The summed E-state index contributed by atoms with van der Waals surface area (Å²) in [7, 11) is 0. The highest BCUT2D eigenvalue weighted by atomic mass is 16.2. The van der Waals surface area contributed by atoms with Crippen LogP contribution in [0.4, 0.5) is 0 Å². The quantitative estimate of drug-likeness (QED) is 0.335. The van der Waals surface area contributed by atoms with Crippen LogP contribution in [0.1, 0.15) is 67.2 Å². The molecule has 180 valence electrons. The van der Waals surface area contributed by atoms with E-state index in [9.17, 15) is 28.8 Å². The summed E-state index contributed by atoms with van der Waals surface area (Å²) in [4.78, 5) is 71.2. The molecule has 10 heteroatoms. The molecule has 1 rings (SSSR count). The number of unbranched alkanes of at least 4 members (excludes halogenated alkanes) is 2. The first-order chi connectivity index (χ1) is 15.7. The maximum absolute atomic E-state index is 12.2. The third-order valence-corrected chi connectivity index (χ3v) is 4.91. The summed E-state index contributed by atoms with van der Waals surface area (Å²) in [6, 6.07) is 6.25. The Labute approximate surface area is 193 Å². The Morgan fingerprint density at radius 3 is 1.48 bits per heavy atom. The number of carbonyl (C=O) groups excluding carboxylic acids is 6. The van der Waals surface area contributed by atoms with Crippen LogP contribution in [-0.4, -0.2) is 71.9 Å². The predicted octanol–water partition coefficient (Wildman–Crippen LogP) is 1.11. The molecule has 0 saturated carbocycles. The Balaban J connectivity index is 2.34. The molecule has 2 N–H and O–H groups in total. The van der Waals surface area contributed by atoms with Gasteiger partial charge in [0, 0.05) is 58.1 Å². The van der Waals surface area contributed by atoms with Crippen LogP contribution < -0.4 is 10.6 Å². The van der Waals surface area contributed by atoms with Gasteiger partial charge in [-0.1, -0.05) is 0 Å². The first-order valence-corrected chi connectivity index (χ1v) is 10.8. The van der Waals surface area contributed by atoms with E-state index in [-0.39, 0.29) is 29.5 Å². The van der Waals surface area contributed by atoms with E-state index >= 15 is 0 Å². The molecule has 0 unspecified atom stereocenters. The molecule has 1 aromatic rings. The molecule has 0 atom stereocenters. The number of nitrogens with one attached hydrogen (secondary N) is 2. The van der Waals surface area contributed by atoms with Crippen LogP contribution in [0.15, 0.2) is 24.3 Å². The van der Waals surface area contributed by atoms with Crippen molar-refractivity contribution in [1.82, 2.24) is 20.4 Å². The Morgan fingerprint density at radius 2 is 1.12 bits per heavy atom. The minimum atomic E-state index is -0.314. The topological polar surface area (TPSA) is 133 Å². The summed E-state index contributed by atoms with van der Waals surface area (Å²) in [6.45, 7) is 5.42. The SMILES string of the molecule is CC(=O)N(C=O)CCCCNC(=O)c1ccc(C(=O)NCCCCN(C(C)=O)C(C)=O)cc1. The van der Waals surface area contributed by atoms with Gasteiger partial charge in [-0.3, -0.25) is 38.6 Å². The zero-order valence-electron chi connectivity index (χ0n) is 19.4. The summed E-state index contributed by atoms with van der Waals surface area (Å²) in [5.74, 6) is -1.46. The van der Waals surface area contributed by atoms with E-state index in [0.717, 1.165) is 9.80 Å². The highest BCUT2D eigenvalue weighted by molar-refractivity contribution is 5.97. The van der Waals surface area contributed by atoms with Crippen molar-refractivity contribution in [3.05, 3.63) is 35.4 Å². The molecule has 0 heterocycles. The number of hydrogen-bond donors (Lipinski definition) is 2. The van der Waals surface area contributed by atoms with Crippen molar-refractivity contribution < 1.29 is 28.8 Å². The molecule has 1 aromatic carbocycles. The molecule has 6 amide bonds. The predicted molar refractivity (Wildman–Crippen MR) is 121 cm³/mol. The maximum Gasteiger partial charge on any atom is 0.251 e. The van der Waals surface area contributed by atoms with Gasteiger partial charge in [0.25, 0.3) is 11.8 Å². The first kappa shape index (κ1) is 27.5. The molecule has 0 saturated heterocycles. The average Bonchev–Trinajstić information content (AvgIpc) is 2.77. The van der Waals surface area contributed by atoms with E-state index < -0.39 is 0 Å². The lowest BCUT2D eigenvalue weighted by Gasteiger charge is -2.16. The van der Waals surface area contributed by atoms with Gasteiger partial charge in [-0.25, -0.2) is 0 Å². The van der Waals surface area contributed by atoms with Crippen LogP contribution in [0, 0.1) is 0 Å². The molecule has 0 bridgehead atoms. The van der Waals surface area contributed by atoms with Crippen LogP contribution in [-0.2, 0) is 19.2 Å². The Bertz CT molecular complexity index is 839. The lowest BCUT2D eigenvalue weighted by Crippen LogP contribution is -2.34. The highest BCUT2D eigenvalue weighted by Crippen LogP contribution is 2.05. The average molecular weight is 461 g/mol. The number of rotatable bonds is 13. The lowest BCUT2D eigenvalue weighted by atomic mass is 10.1. The number of nitrogens with zero attached hydrogens (tertiary/aromatic N) is 2. The Hall–Kier alpha value is -3.56. The molecule has 0 spiro atoms. The van der Waals surface area contributed by atoms with Crippen molar-refractivity contribution in [2.75, 3.05) is 26.2 Å². The van der Waals surface area contributed by atoms with Crippen LogP contribution >= 0.6 is 0 Å². The minimum Gasteiger partial charge on any atom is -0.352 e. The van der Waals surface area contributed by atoms with E-state index in [1.807, 2.05) is 0 Å². The van der Waals surface area contributed by atoms with Gasteiger partial charge in [0.2, 0.25) is 24.1 Å². The summed E-state index contributed by atoms with van der Waals surface area (Å²) in [5, 5.41) is 5.53. The van der Waals surface area contributed by atoms with E-state index in [2.05, 4.69) is 10.6 Å². The van der Waals surface area contributed by atoms with Gasteiger partial charge in [0.15, 0.2) is 0 Å². The van der Waals surface area contributed by atoms with E-state index in [0.29, 0.717) is 69.4 Å². The molecular formula is C23H32N4O6. The van der Waals surface area contributed by atoms with Gasteiger partial charge in [0.05, 0.1) is 0 Å². The van der Waals surface area contributed by atoms with Crippen molar-refractivity contribution in [3.63, 3.8) is 0 Å².